The number of aryl methyl sites for hydroxylation is 1. The van der Waals surface area contributed by atoms with Crippen molar-refractivity contribution >= 4 is 55.9 Å². The van der Waals surface area contributed by atoms with Gasteiger partial charge in [-0.2, -0.15) is 0 Å². The van der Waals surface area contributed by atoms with Crippen LogP contribution in [0.25, 0.3) is 43.5 Å². The van der Waals surface area contributed by atoms with Gasteiger partial charge in [0.1, 0.15) is 46.4 Å². The van der Waals surface area contributed by atoms with Crippen molar-refractivity contribution in [1.82, 2.24) is 0 Å². The third kappa shape index (κ3) is 4.94. The highest BCUT2D eigenvalue weighted by molar-refractivity contribution is 6.28. The summed E-state index contributed by atoms with van der Waals surface area (Å²) in [7, 11) is 1.39. The second kappa shape index (κ2) is 12.1. The van der Waals surface area contributed by atoms with Gasteiger partial charge in [-0.25, -0.2) is 9.59 Å². The Morgan fingerprint density at radius 1 is 0.896 bits per heavy atom. The van der Waals surface area contributed by atoms with Gasteiger partial charge < -0.3 is 58.7 Å². The van der Waals surface area contributed by atoms with Crippen LogP contribution < -0.4 is 21.7 Å². The van der Waals surface area contributed by atoms with Crippen molar-refractivity contribution in [2.75, 3.05) is 7.11 Å². The first kappa shape index (κ1) is 34.3. The summed E-state index contributed by atoms with van der Waals surface area (Å²) in [6, 6.07) is 6.77. The number of rotatable bonds is 5. The van der Waals surface area contributed by atoms with E-state index < -0.39 is 77.8 Å². The maximum absolute atomic E-state index is 13.4. The number of phenolic OH excluding ortho intramolecular Hbond substituents is 1. The van der Waals surface area contributed by atoms with Crippen LogP contribution in [0.3, 0.4) is 0 Å². The number of phenols is 1. The maximum Gasteiger partial charge on any atom is 0.348 e. The number of fused-ring (bicyclic) bond motifs is 2. The minimum atomic E-state index is -1.99. The fourth-order valence-corrected chi connectivity index (χ4v) is 6.96. The number of aliphatic hydroxyl groups is 3. The molecule has 0 aliphatic carbocycles. The maximum atomic E-state index is 13.4. The lowest BCUT2D eigenvalue weighted by Crippen LogP contribution is -2.69. The van der Waals surface area contributed by atoms with E-state index in [1.165, 1.54) is 33.1 Å². The molecule has 2 fully saturated rings. The number of hydrogen-bond acceptors (Lipinski definition) is 14. The molecule has 3 aromatic carbocycles. The van der Waals surface area contributed by atoms with Gasteiger partial charge in [-0.15, -0.1) is 12.4 Å². The molecule has 0 unspecified atom stereocenters. The van der Waals surface area contributed by atoms with Crippen molar-refractivity contribution in [1.29, 1.82) is 0 Å². The van der Waals surface area contributed by atoms with Gasteiger partial charge in [0.25, 0.3) is 0 Å². The molecule has 258 valence electrons. The molecule has 7 rings (SSSR count). The number of hydrogen-bond donors (Lipinski definition) is 5. The quantitative estimate of drug-likeness (QED) is 0.102. The number of ether oxygens (including phenoxy) is 5. The molecule has 0 radical (unpaired) electrons. The Bertz CT molecular complexity index is 2130. The van der Waals surface area contributed by atoms with Gasteiger partial charge in [-0.1, -0.05) is 18.2 Å². The second-order valence-corrected chi connectivity index (χ2v) is 12.5. The Kier molecular flexibility index (Phi) is 8.64. The van der Waals surface area contributed by atoms with Gasteiger partial charge in [0.2, 0.25) is 6.29 Å². The topological polar surface area (TPSA) is 214 Å². The number of methoxy groups -OCH3 is 1. The van der Waals surface area contributed by atoms with Crippen LogP contribution in [0, 0.1) is 6.92 Å². The minimum Gasteiger partial charge on any atom is -0.506 e. The van der Waals surface area contributed by atoms with Crippen molar-refractivity contribution < 1.29 is 52.9 Å². The van der Waals surface area contributed by atoms with Crippen LogP contribution in [-0.4, -0.2) is 88.4 Å². The molecule has 4 heterocycles. The summed E-state index contributed by atoms with van der Waals surface area (Å²) in [5, 5.41) is 45.3. The number of nitrogens with two attached hydrogens (primary N) is 1. The van der Waals surface area contributed by atoms with E-state index in [-0.39, 0.29) is 56.3 Å². The minimum absolute atomic E-state index is 0. The number of halogens is 1. The summed E-state index contributed by atoms with van der Waals surface area (Å²) in [6.07, 6.45) is -9.22. The average molecular weight is 690 g/mol. The number of benzene rings is 3. The summed E-state index contributed by atoms with van der Waals surface area (Å²) in [6.45, 7) is 6.21. The lowest BCUT2D eigenvalue weighted by atomic mass is 9.86. The van der Waals surface area contributed by atoms with E-state index in [0.717, 1.165) is 0 Å². The standard InChI is InChI=1S/C33H35NO13.ClH/c1-11-9-10-16-19-17(11)29(38)46-25-18-14(24(36)21(20(19)25)30(39)44-16)7-6-8-15(18)45-32-28(33(4,40)27(37)13(3)43-32)47-31-22(34)26(41-5)23(35)12(2)42-31;/h6-10,12-13,22-23,26-28,31-32,35-37,40H,34H2,1-5H3;1H/t12-,13-,22-,23+,26-,27+,28+,31-,32+,33+;/m1./s1. The lowest BCUT2D eigenvalue weighted by molar-refractivity contribution is -0.356. The van der Waals surface area contributed by atoms with E-state index in [2.05, 4.69) is 0 Å². The number of aliphatic hydroxyl groups excluding tert-OH is 2. The zero-order valence-corrected chi connectivity index (χ0v) is 27.3. The molecule has 2 aliphatic heterocycles. The first-order valence-corrected chi connectivity index (χ1v) is 15.2. The molecular weight excluding hydrogens is 654 g/mol. The smallest absolute Gasteiger partial charge is 0.348 e. The molecule has 14 nitrogen and oxygen atoms in total. The third-order valence-electron chi connectivity index (χ3n) is 9.52. The molecule has 2 aromatic heterocycles. The van der Waals surface area contributed by atoms with Crippen LogP contribution in [0.2, 0.25) is 0 Å². The van der Waals surface area contributed by atoms with E-state index in [0.29, 0.717) is 10.9 Å². The molecule has 2 aliphatic rings. The summed E-state index contributed by atoms with van der Waals surface area (Å²) < 4.78 is 41.2. The highest BCUT2D eigenvalue weighted by Crippen LogP contribution is 2.46. The largest absolute Gasteiger partial charge is 0.506 e. The zero-order chi connectivity index (χ0) is 33.7. The Morgan fingerprint density at radius 3 is 2.29 bits per heavy atom. The monoisotopic (exact) mass is 689 g/mol. The Morgan fingerprint density at radius 2 is 1.58 bits per heavy atom. The molecule has 6 N–H and O–H groups in total. The van der Waals surface area contributed by atoms with Crippen molar-refractivity contribution in [3.05, 3.63) is 56.7 Å². The van der Waals surface area contributed by atoms with Gasteiger partial charge in [0.15, 0.2) is 18.0 Å². The van der Waals surface area contributed by atoms with Crippen LogP contribution in [0.1, 0.15) is 26.3 Å². The predicted molar refractivity (Wildman–Crippen MR) is 174 cm³/mol. The summed E-state index contributed by atoms with van der Waals surface area (Å²) in [5.41, 5.74) is 3.52. The summed E-state index contributed by atoms with van der Waals surface area (Å²) >= 11 is 0. The molecule has 15 heteroatoms. The number of aromatic hydroxyl groups is 1. The van der Waals surface area contributed by atoms with E-state index in [1.807, 2.05) is 0 Å². The van der Waals surface area contributed by atoms with Crippen molar-refractivity contribution in [3.8, 4) is 11.5 Å². The Hall–Kier alpha value is -3.57. The van der Waals surface area contributed by atoms with Crippen LogP contribution in [0.4, 0.5) is 0 Å². The molecule has 0 amide bonds. The molecule has 5 aromatic rings. The van der Waals surface area contributed by atoms with E-state index in [9.17, 15) is 30.0 Å². The Balaban J connectivity index is 0.00000401. The molecule has 0 saturated carbocycles. The van der Waals surface area contributed by atoms with Crippen LogP contribution in [0.5, 0.6) is 11.5 Å². The SMILES string of the molecule is CO[C@@H]1[C@@H](N)[C@@H](O[C@H]2[C@H](Oc3cccc4c(O)c5c(=O)oc6ccc(C)c7c(=O)oc(c34)c5c67)O[C@H](C)[C@H](O)[C@]2(C)O)O[C@H](C)[C@@H]1O.Cl. The van der Waals surface area contributed by atoms with Crippen molar-refractivity contribution in [2.24, 2.45) is 5.73 Å². The molecule has 2 saturated heterocycles. The van der Waals surface area contributed by atoms with Crippen LogP contribution >= 0.6 is 12.4 Å². The fraction of sp³-hybridized carbons (Fsp3) is 0.455. The van der Waals surface area contributed by atoms with E-state index in [1.54, 1.807) is 32.0 Å². The molecular formula is C33H36ClNO13. The summed E-state index contributed by atoms with van der Waals surface area (Å²) in [5.74, 6) is -0.386. The van der Waals surface area contributed by atoms with Crippen LogP contribution in [0.15, 0.2) is 48.8 Å². The van der Waals surface area contributed by atoms with Crippen molar-refractivity contribution in [2.45, 2.75) is 88.5 Å². The van der Waals surface area contributed by atoms with Gasteiger partial charge in [0.05, 0.1) is 29.0 Å². The van der Waals surface area contributed by atoms with E-state index in [4.69, 9.17) is 38.3 Å². The molecule has 0 bridgehead atoms. The third-order valence-corrected chi connectivity index (χ3v) is 9.52. The van der Waals surface area contributed by atoms with Gasteiger partial charge >= 0.3 is 11.3 Å². The normalized spacial score (nSPS) is 32.6. The summed E-state index contributed by atoms with van der Waals surface area (Å²) in [4.78, 5) is 26.6. The first-order chi connectivity index (χ1) is 22.3. The predicted octanol–water partition coefficient (Wildman–Crippen LogP) is 2.15. The van der Waals surface area contributed by atoms with Gasteiger partial charge in [0, 0.05) is 23.3 Å². The van der Waals surface area contributed by atoms with Gasteiger partial charge in [-0.05, 0) is 45.4 Å². The van der Waals surface area contributed by atoms with Crippen LogP contribution in [-0.2, 0) is 18.9 Å². The van der Waals surface area contributed by atoms with Crippen molar-refractivity contribution in [3.63, 3.8) is 0 Å². The van der Waals surface area contributed by atoms with Gasteiger partial charge in [-0.3, -0.25) is 0 Å². The molecule has 10 atom stereocenters. The Labute approximate surface area is 278 Å². The lowest BCUT2D eigenvalue weighted by Gasteiger charge is -2.50. The highest BCUT2D eigenvalue weighted by Gasteiger charge is 2.56. The average Bonchev–Trinajstić information content (AvgIpc) is 3.02. The first-order valence-electron chi connectivity index (χ1n) is 15.2. The zero-order valence-electron chi connectivity index (χ0n) is 26.5. The second-order valence-electron chi connectivity index (χ2n) is 12.5. The molecule has 0 spiro atoms. The highest BCUT2D eigenvalue weighted by atomic mass is 35.5. The molecule has 48 heavy (non-hydrogen) atoms. The fourth-order valence-electron chi connectivity index (χ4n) is 6.96. The van der Waals surface area contributed by atoms with E-state index >= 15 is 0 Å².